The monoisotopic (exact) mass is 647 g/mol. The summed E-state index contributed by atoms with van der Waals surface area (Å²) in [5.41, 5.74) is 4.54. The molecule has 11 nitrogen and oxygen atoms in total. The molecule has 0 aliphatic carbocycles. The Morgan fingerprint density at radius 1 is 1.15 bits per heavy atom. The standard InChI is InChI=1S/C33H35ClFN7O4/c1-19-22(4-3-5-26(19)41-32(45)27-8-6-20(16-39-27)15-36-12-13-43)31-30(34)23(10-11-38-31)28-14-25(35)24(33(42-28)46-2)18-37-17-21-7-9-29(44)40-21/h3-6,8,10-11,14,16,21,36-37,43H,7,9,12-13,15,17-18H2,1-2H3,(H,40,44)(H,41,45). The summed E-state index contributed by atoms with van der Waals surface area (Å²) < 4.78 is 20.9. The van der Waals surface area contributed by atoms with Gasteiger partial charge in [-0.3, -0.25) is 19.6 Å². The minimum Gasteiger partial charge on any atom is -0.481 e. The number of aliphatic hydroxyl groups excluding tert-OH is 1. The van der Waals surface area contributed by atoms with E-state index in [1.807, 2.05) is 13.0 Å². The van der Waals surface area contributed by atoms with Crippen molar-refractivity contribution < 1.29 is 23.8 Å². The second-order valence-electron chi connectivity index (χ2n) is 10.8. The summed E-state index contributed by atoms with van der Waals surface area (Å²) in [4.78, 5) is 37.8. The van der Waals surface area contributed by atoms with E-state index in [4.69, 9.17) is 21.4 Å². The molecule has 0 radical (unpaired) electrons. The number of carbonyl (C=O) groups is 2. The number of hydrogen-bond acceptors (Lipinski definition) is 9. The molecular weight excluding hydrogens is 613 g/mol. The van der Waals surface area contributed by atoms with E-state index in [-0.39, 0.29) is 58.9 Å². The number of pyridine rings is 3. The second kappa shape index (κ2) is 15.2. The number of benzene rings is 1. The fourth-order valence-corrected chi connectivity index (χ4v) is 5.52. The van der Waals surface area contributed by atoms with Crippen LogP contribution in [0, 0.1) is 12.7 Å². The number of rotatable bonds is 13. The molecule has 46 heavy (non-hydrogen) atoms. The molecule has 1 saturated heterocycles. The molecule has 5 N–H and O–H groups in total. The highest BCUT2D eigenvalue weighted by Gasteiger charge is 2.22. The number of aromatic nitrogens is 3. The van der Waals surface area contributed by atoms with Gasteiger partial charge in [0, 0.05) is 73.9 Å². The normalized spacial score (nSPS) is 14.3. The number of anilines is 1. The first kappa shape index (κ1) is 32.9. The molecule has 4 heterocycles. The number of aliphatic hydroxyl groups is 1. The van der Waals surface area contributed by atoms with Crippen LogP contribution in [0.2, 0.25) is 5.02 Å². The maximum atomic E-state index is 15.4. The second-order valence-corrected chi connectivity index (χ2v) is 11.2. The van der Waals surface area contributed by atoms with E-state index in [9.17, 15) is 9.59 Å². The van der Waals surface area contributed by atoms with Crippen molar-refractivity contribution in [2.45, 2.75) is 38.9 Å². The maximum absolute atomic E-state index is 15.4. The number of carbonyl (C=O) groups excluding carboxylic acids is 2. The molecule has 5 rings (SSSR count). The topological polar surface area (TPSA) is 150 Å². The zero-order valence-corrected chi connectivity index (χ0v) is 26.2. The third-order valence-corrected chi connectivity index (χ3v) is 8.06. The van der Waals surface area contributed by atoms with Crippen LogP contribution in [-0.4, -0.2) is 64.7 Å². The van der Waals surface area contributed by atoms with Crippen LogP contribution in [0.3, 0.4) is 0 Å². The summed E-state index contributed by atoms with van der Waals surface area (Å²) in [6.45, 7) is 3.55. The molecular formula is C33H35ClFN7O4. The Hall–Kier alpha value is -4.49. The van der Waals surface area contributed by atoms with Gasteiger partial charge in [-0.2, -0.15) is 0 Å². The SMILES string of the molecule is COc1nc(-c2ccnc(-c3cccc(NC(=O)c4ccc(CNCCO)cn4)c3C)c2Cl)cc(F)c1CNCC1CCC(=O)N1. The highest BCUT2D eigenvalue weighted by Crippen LogP contribution is 2.38. The van der Waals surface area contributed by atoms with Gasteiger partial charge in [0.25, 0.3) is 5.91 Å². The molecule has 0 saturated carbocycles. The molecule has 1 aliphatic heterocycles. The van der Waals surface area contributed by atoms with Crippen molar-refractivity contribution in [3.05, 3.63) is 88.1 Å². The zero-order chi connectivity index (χ0) is 32.6. The lowest BCUT2D eigenvalue weighted by molar-refractivity contribution is -0.119. The predicted molar refractivity (Wildman–Crippen MR) is 173 cm³/mol. The quantitative estimate of drug-likeness (QED) is 0.136. The van der Waals surface area contributed by atoms with Crippen LogP contribution < -0.4 is 26.0 Å². The lowest BCUT2D eigenvalue weighted by Gasteiger charge is -2.16. The van der Waals surface area contributed by atoms with E-state index in [2.05, 4.69) is 36.2 Å². The van der Waals surface area contributed by atoms with Crippen LogP contribution in [0.1, 0.15) is 40.0 Å². The van der Waals surface area contributed by atoms with E-state index >= 15 is 4.39 Å². The van der Waals surface area contributed by atoms with Crippen LogP contribution in [0.5, 0.6) is 5.88 Å². The smallest absolute Gasteiger partial charge is 0.274 e. The number of ether oxygens (including phenoxy) is 1. The van der Waals surface area contributed by atoms with Crippen molar-refractivity contribution in [2.24, 2.45) is 0 Å². The number of nitrogens with zero attached hydrogens (tertiary/aromatic N) is 3. The molecule has 1 aliphatic rings. The highest BCUT2D eigenvalue weighted by atomic mass is 35.5. The minimum atomic E-state index is -0.511. The number of amides is 2. The van der Waals surface area contributed by atoms with Crippen molar-refractivity contribution >= 4 is 29.1 Å². The maximum Gasteiger partial charge on any atom is 0.274 e. The van der Waals surface area contributed by atoms with Gasteiger partial charge in [0.2, 0.25) is 11.8 Å². The lowest BCUT2D eigenvalue weighted by atomic mass is 10.0. The highest BCUT2D eigenvalue weighted by molar-refractivity contribution is 6.35. The van der Waals surface area contributed by atoms with Crippen molar-refractivity contribution in [1.29, 1.82) is 0 Å². The Labute approximate surface area is 271 Å². The van der Waals surface area contributed by atoms with E-state index in [0.717, 1.165) is 17.5 Å². The van der Waals surface area contributed by atoms with Crippen molar-refractivity contribution in [3.63, 3.8) is 0 Å². The van der Waals surface area contributed by atoms with Crippen molar-refractivity contribution in [3.8, 4) is 28.4 Å². The molecule has 4 aromatic rings. The average molecular weight is 648 g/mol. The van der Waals surface area contributed by atoms with Crippen molar-refractivity contribution in [1.82, 2.24) is 30.9 Å². The van der Waals surface area contributed by atoms with Crippen LogP contribution in [-0.2, 0) is 17.9 Å². The van der Waals surface area contributed by atoms with E-state index in [0.29, 0.717) is 48.6 Å². The molecule has 1 aromatic carbocycles. The van der Waals surface area contributed by atoms with Crippen LogP contribution in [0.4, 0.5) is 10.1 Å². The molecule has 0 spiro atoms. The summed E-state index contributed by atoms with van der Waals surface area (Å²) in [5.74, 6) is -0.748. The first-order chi connectivity index (χ1) is 22.3. The van der Waals surface area contributed by atoms with Crippen LogP contribution >= 0.6 is 11.6 Å². The van der Waals surface area contributed by atoms with Gasteiger partial charge >= 0.3 is 0 Å². The summed E-state index contributed by atoms with van der Waals surface area (Å²) in [6.07, 6.45) is 4.41. The third kappa shape index (κ3) is 7.65. The summed E-state index contributed by atoms with van der Waals surface area (Å²) in [7, 11) is 1.43. The van der Waals surface area contributed by atoms with E-state index in [1.165, 1.54) is 13.2 Å². The minimum absolute atomic E-state index is 0.00675. The molecule has 3 aromatic heterocycles. The van der Waals surface area contributed by atoms with Gasteiger partial charge in [-0.05, 0) is 42.7 Å². The molecule has 240 valence electrons. The summed E-state index contributed by atoms with van der Waals surface area (Å²) in [6, 6.07) is 11.8. The number of nitrogens with one attached hydrogen (secondary N) is 4. The Kier molecular flexibility index (Phi) is 10.9. The van der Waals surface area contributed by atoms with Gasteiger partial charge < -0.3 is 31.1 Å². The largest absolute Gasteiger partial charge is 0.481 e. The van der Waals surface area contributed by atoms with E-state index in [1.54, 1.807) is 42.7 Å². The number of halogens is 2. The number of hydrogen-bond donors (Lipinski definition) is 5. The molecule has 1 atom stereocenters. The molecule has 2 amide bonds. The summed E-state index contributed by atoms with van der Waals surface area (Å²) in [5, 5.41) is 21.2. The Morgan fingerprint density at radius 3 is 2.72 bits per heavy atom. The Morgan fingerprint density at radius 2 is 2.00 bits per heavy atom. The van der Waals surface area contributed by atoms with Gasteiger partial charge in [0.05, 0.1) is 35.7 Å². The van der Waals surface area contributed by atoms with Gasteiger partial charge in [-0.1, -0.05) is 29.8 Å². The van der Waals surface area contributed by atoms with Crippen LogP contribution in [0.25, 0.3) is 22.5 Å². The first-order valence-electron chi connectivity index (χ1n) is 14.8. The van der Waals surface area contributed by atoms with E-state index < -0.39 is 5.82 Å². The van der Waals surface area contributed by atoms with Gasteiger partial charge in [-0.15, -0.1) is 0 Å². The molecule has 0 bridgehead atoms. The third-order valence-electron chi connectivity index (χ3n) is 7.68. The fourth-order valence-electron chi connectivity index (χ4n) is 5.21. The first-order valence-corrected chi connectivity index (χ1v) is 15.2. The molecule has 13 heteroatoms. The zero-order valence-electron chi connectivity index (χ0n) is 25.5. The van der Waals surface area contributed by atoms with Gasteiger partial charge in [0.15, 0.2) is 0 Å². The summed E-state index contributed by atoms with van der Waals surface area (Å²) >= 11 is 6.89. The van der Waals surface area contributed by atoms with Crippen LogP contribution in [0.15, 0.2) is 54.9 Å². The Bertz CT molecular complexity index is 1720. The predicted octanol–water partition coefficient (Wildman–Crippen LogP) is 4.02. The average Bonchev–Trinajstić information content (AvgIpc) is 3.48. The molecule has 1 fully saturated rings. The lowest BCUT2D eigenvalue weighted by Crippen LogP contribution is -2.35. The molecule has 1 unspecified atom stereocenters. The number of methoxy groups -OCH3 is 1. The fraction of sp³-hybridized carbons (Fsp3) is 0.303. The van der Waals surface area contributed by atoms with Gasteiger partial charge in [-0.25, -0.2) is 9.37 Å². The van der Waals surface area contributed by atoms with Gasteiger partial charge in [0.1, 0.15) is 11.5 Å². The Balaban J connectivity index is 1.34. The van der Waals surface area contributed by atoms with Crippen molar-refractivity contribution in [2.75, 3.05) is 32.1 Å².